The Morgan fingerprint density at radius 2 is 1.67 bits per heavy atom. The monoisotopic (exact) mass is 380 g/mol. The number of ether oxygens (including phenoxy) is 1. The molecule has 0 bridgehead atoms. The molecule has 0 unspecified atom stereocenters. The lowest BCUT2D eigenvalue weighted by Crippen LogP contribution is -2.22. The van der Waals surface area contributed by atoms with Crippen molar-refractivity contribution >= 4 is 11.6 Å². The maximum atomic E-state index is 12.4. The zero-order chi connectivity index (χ0) is 19.9. The summed E-state index contributed by atoms with van der Waals surface area (Å²) in [5.41, 5.74) is 1.70. The lowest BCUT2D eigenvalue weighted by molar-refractivity contribution is -0.153. The zero-order valence-electron chi connectivity index (χ0n) is 15.3. The van der Waals surface area contributed by atoms with Gasteiger partial charge >= 0.3 is 6.18 Å². The van der Waals surface area contributed by atoms with Crippen molar-refractivity contribution in [3.63, 3.8) is 0 Å². The van der Waals surface area contributed by atoms with Gasteiger partial charge in [-0.15, -0.1) is 0 Å². The highest BCUT2D eigenvalue weighted by atomic mass is 19.4. The first kappa shape index (κ1) is 20.8. The van der Waals surface area contributed by atoms with Crippen molar-refractivity contribution in [3.8, 4) is 5.75 Å². The third kappa shape index (κ3) is 6.60. The molecule has 0 saturated carbocycles. The van der Waals surface area contributed by atoms with Crippen molar-refractivity contribution in [1.29, 1.82) is 0 Å². The Hall–Kier alpha value is -2.54. The predicted molar refractivity (Wildman–Crippen MR) is 99.0 cm³/mol. The minimum atomic E-state index is -4.45. The summed E-state index contributed by atoms with van der Waals surface area (Å²) in [6, 6.07) is 13.2. The molecule has 0 atom stereocenters. The minimum absolute atomic E-state index is 0.0265. The topological polar surface area (TPSA) is 41.6 Å². The van der Waals surface area contributed by atoms with Crippen LogP contribution in [0.4, 0.5) is 18.9 Å². The molecule has 0 radical (unpaired) electrons. The molecule has 0 heterocycles. The van der Waals surface area contributed by atoms with E-state index in [-0.39, 0.29) is 11.4 Å². The summed E-state index contributed by atoms with van der Waals surface area (Å²) in [5, 5.41) is 2.60. The van der Waals surface area contributed by atoms with E-state index in [1.807, 2.05) is 12.1 Å². The van der Waals surface area contributed by atoms with Gasteiger partial charge < -0.3 is 10.1 Å². The number of carbonyl (C=O) groups is 1. The van der Waals surface area contributed by atoms with Crippen LogP contribution in [0.5, 0.6) is 5.75 Å². The second-order valence-electron chi connectivity index (χ2n) is 6.01. The van der Waals surface area contributed by atoms with Crippen molar-refractivity contribution in [2.24, 2.45) is 0 Å². The quantitative estimate of drug-likeness (QED) is 0.720. The van der Waals surface area contributed by atoms with Gasteiger partial charge in [0.25, 0.3) is 5.91 Å². The lowest BCUT2D eigenvalue weighted by atomic mass is 10.1. The highest BCUT2D eigenvalue weighted by Crippen LogP contribution is 2.26. The fourth-order valence-corrected chi connectivity index (χ4v) is 2.52. The van der Waals surface area contributed by atoms with Gasteiger partial charge in [-0.05, 0) is 42.9 Å². The van der Waals surface area contributed by atoms with Gasteiger partial charge in [-0.25, -0.2) is 0 Å². The second kappa shape index (κ2) is 9.41. The predicted octanol–water partition coefficient (Wildman–Crippen LogP) is 4.72. The van der Waals surface area contributed by atoms with Crippen LogP contribution < -0.4 is 10.1 Å². The first-order chi connectivity index (χ1) is 12.8. The van der Waals surface area contributed by atoms with Crippen LogP contribution in [0, 0.1) is 0 Å². The highest BCUT2D eigenvalue weighted by Gasteiger charge is 2.28. The summed E-state index contributed by atoms with van der Waals surface area (Å²) >= 11 is 0. The maximum Gasteiger partial charge on any atom is 0.422 e. The second-order valence-corrected chi connectivity index (χ2v) is 6.01. The molecule has 2 rings (SSSR count). The first-order valence-corrected chi connectivity index (χ1v) is 8.73. The molecule has 4 nitrogen and oxygen atoms in total. The number of rotatable bonds is 8. The number of hydrogen-bond donors (Lipinski definition) is 1. The van der Waals surface area contributed by atoms with Gasteiger partial charge in [-0.3, -0.25) is 9.69 Å². The van der Waals surface area contributed by atoms with E-state index < -0.39 is 18.7 Å². The van der Waals surface area contributed by atoms with Gasteiger partial charge in [0.1, 0.15) is 5.75 Å². The minimum Gasteiger partial charge on any atom is -0.482 e. The first-order valence-electron chi connectivity index (χ1n) is 8.73. The molecule has 0 aromatic heterocycles. The van der Waals surface area contributed by atoms with Gasteiger partial charge in [-0.2, -0.15) is 13.2 Å². The zero-order valence-corrected chi connectivity index (χ0v) is 15.3. The molecule has 27 heavy (non-hydrogen) atoms. The van der Waals surface area contributed by atoms with Crippen molar-refractivity contribution in [2.45, 2.75) is 26.6 Å². The average Bonchev–Trinajstić information content (AvgIpc) is 2.65. The van der Waals surface area contributed by atoms with E-state index >= 15 is 0 Å². The molecule has 7 heteroatoms. The fraction of sp³-hybridized carbons (Fsp3) is 0.350. The van der Waals surface area contributed by atoms with Gasteiger partial charge in [0.05, 0.1) is 5.69 Å². The number of para-hydroxylation sites is 2. The molecule has 2 aromatic rings. The van der Waals surface area contributed by atoms with Crippen LogP contribution in [-0.2, 0) is 6.54 Å². The lowest BCUT2D eigenvalue weighted by Gasteiger charge is -2.18. The molecule has 0 aliphatic rings. The summed E-state index contributed by atoms with van der Waals surface area (Å²) in [4.78, 5) is 14.7. The maximum absolute atomic E-state index is 12.4. The van der Waals surface area contributed by atoms with E-state index in [2.05, 4.69) is 24.1 Å². The van der Waals surface area contributed by atoms with Crippen molar-refractivity contribution in [2.75, 3.05) is 25.0 Å². The van der Waals surface area contributed by atoms with Crippen LogP contribution in [-0.4, -0.2) is 36.7 Å². The van der Waals surface area contributed by atoms with Gasteiger partial charge in [0.15, 0.2) is 6.61 Å². The number of amides is 1. The summed E-state index contributed by atoms with van der Waals surface area (Å²) < 4.78 is 41.9. The van der Waals surface area contributed by atoms with Gasteiger partial charge in [-0.1, -0.05) is 38.1 Å². The number of anilines is 1. The standard InChI is InChI=1S/C20H23F3N2O2/c1-3-25(4-2)13-15-9-11-16(12-10-15)19(26)24-17-7-5-6-8-18(17)27-14-20(21,22)23/h5-12H,3-4,13-14H2,1-2H3,(H,24,26). The number of hydrogen-bond acceptors (Lipinski definition) is 3. The summed E-state index contributed by atoms with van der Waals surface area (Å²) in [7, 11) is 0. The van der Waals surface area contributed by atoms with E-state index in [1.54, 1.807) is 24.3 Å². The summed E-state index contributed by atoms with van der Waals surface area (Å²) in [5.74, 6) is -0.436. The molecule has 0 aliphatic carbocycles. The van der Waals surface area contributed by atoms with Crippen LogP contribution in [0.3, 0.4) is 0 Å². The van der Waals surface area contributed by atoms with Crippen LogP contribution in [0.2, 0.25) is 0 Å². The molecule has 0 fully saturated rings. The third-order valence-electron chi connectivity index (χ3n) is 4.04. The molecule has 1 N–H and O–H groups in total. The number of benzene rings is 2. The number of carbonyl (C=O) groups excluding carboxylic acids is 1. The molecular weight excluding hydrogens is 357 g/mol. The Labute approximate surface area is 156 Å². The van der Waals surface area contributed by atoms with E-state index in [9.17, 15) is 18.0 Å². The van der Waals surface area contributed by atoms with Crippen LogP contribution in [0.1, 0.15) is 29.8 Å². The molecule has 1 amide bonds. The van der Waals surface area contributed by atoms with Crippen LogP contribution in [0.25, 0.3) is 0 Å². The smallest absolute Gasteiger partial charge is 0.422 e. The molecule has 146 valence electrons. The summed E-state index contributed by atoms with van der Waals surface area (Å²) in [6.07, 6.45) is -4.45. The van der Waals surface area contributed by atoms with E-state index in [1.165, 1.54) is 12.1 Å². The Kier molecular flexibility index (Phi) is 7.24. The molecule has 0 aliphatic heterocycles. The Balaban J connectivity index is 2.05. The fourth-order valence-electron chi connectivity index (χ4n) is 2.52. The number of alkyl halides is 3. The van der Waals surface area contributed by atoms with Crippen LogP contribution in [0.15, 0.2) is 48.5 Å². The van der Waals surface area contributed by atoms with E-state index in [0.717, 1.165) is 25.2 Å². The largest absolute Gasteiger partial charge is 0.482 e. The third-order valence-corrected chi connectivity index (χ3v) is 4.04. The SMILES string of the molecule is CCN(CC)Cc1ccc(C(=O)Nc2ccccc2OCC(F)(F)F)cc1. The van der Waals surface area contributed by atoms with Crippen molar-refractivity contribution < 1.29 is 22.7 Å². The summed E-state index contributed by atoms with van der Waals surface area (Å²) in [6.45, 7) is 5.43. The van der Waals surface area contributed by atoms with Gasteiger partial charge in [0.2, 0.25) is 0 Å². The molecule has 2 aromatic carbocycles. The number of nitrogens with one attached hydrogen (secondary N) is 1. The van der Waals surface area contributed by atoms with E-state index in [0.29, 0.717) is 5.56 Å². The average molecular weight is 380 g/mol. The normalized spacial score (nSPS) is 11.5. The Morgan fingerprint density at radius 3 is 2.26 bits per heavy atom. The van der Waals surface area contributed by atoms with Gasteiger partial charge in [0, 0.05) is 12.1 Å². The molecule has 0 saturated heterocycles. The van der Waals surface area contributed by atoms with Crippen molar-refractivity contribution in [3.05, 3.63) is 59.7 Å². The van der Waals surface area contributed by atoms with Crippen molar-refractivity contribution in [1.82, 2.24) is 4.90 Å². The number of nitrogens with zero attached hydrogens (tertiary/aromatic N) is 1. The van der Waals surface area contributed by atoms with E-state index in [4.69, 9.17) is 4.74 Å². The Bertz CT molecular complexity index is 742. The van der Waals surface area contributed by atoms with Crippen LogP contribution >= 0.6 is 0 Å². The molecular formula is C20H23F3N2O2. The highest BCUT2D eigenvalue weighted by molar-refractivity contribution is 6.05. The number of halogens is 3. The Morgan fingerprint density at radius 1 is 1.04 bits per heavy atom. The molecule has 0 spiro atoms.